The fourth-order valence-electron chi connectivity index (χ4n) is 5.26. The van der Waals surface area contributed by atoms with Gasteiger partial charge in [0.05, 0.1) is 12.1 Å². The van der Waals surface area contributed by atoms with Gasteiger partial charge in [0.2, 0.25) is 0 Å². The SMILES string of the molecule is O=C(CN1CCC(c2cccc(F)c2C(F)(F)F)CC1)c1n[nH]c2c1CN(CC1CC1)CC2. The molecule has 1 aromatic heterocycles. The van der Waals surface area contributed by atoms with Crippen LogP contribution in [0.1, 0.15) is 64.5 Å². The van der Waals surface area contributed by atoms with Gasteiger partial charge in [0.15, 0.2) is 5.78 Å². The molecule has 0 unspecified atom stereocenters. The molecule has 1 N–H and O–H groups in total. The third-order valence-electron chi connectivity index (χ3n) is 7.21. The van der Waals surface area contributed by atoms with Crippen molar-refractivity contribution in [3.8, 4) is 0 Å². The second kappa shape index (κ2) is 8.83. The molecular formula is C24H28F4N4O. The molecule has 5 rings (SSSR count). The Hall–Kier alpha value is -2.26. The molecule has 1 saturated carbocycles. The van der Waals surface area contributed by atoms with E-state index in [4.69, 9.17) is 0 Å². The van der Waals surface area contributed by atoms with Gasteiger partial charge in [-0.1, -0.05) is 12.1 Å². The number of fused-ring (bicyclic) bond motifs is 1. The fraction of sp³-hybridized carbons (Fsp3) is 0.583. The highest BCUT2D eigenvalue weighted by atomic mass is 19.4. The van der Waals surface area contributed by atoms with E-state index in [-0.39, 0.29) is 23.8 Å². The second-order valence-corrected chi connectivity index (χ2v) is 9.63. The lowest BCUT2D eigenvalue weighted by molar-refractivity contribution is -0.140. The minimum Gasteiger partial charge on any atom is -0.298 e. The van der Waals surface area contributed by atoms with Gasteiger partial charge in [-0.15, -0.1) is 0 Å². The van der Waals surface area contributed by atoms with Crippen molar-refractivity contribution >= 4 is 5.78 Å². The number of hydrogen-bond acceptors (Lipinski definition) is 4. The number of rotatable bonds is 6. The lowest BCUT2D eigenvalue weighted by Gasteiger charge is -2.33. The van der Waals surface area contributed by atoms with Crippen LogP contribution in [0.25, 0.3) is 0 Å². The van der Waals surface area contributed by atoms with Gasteiger partial charge in [-0.2, -0.15) is 18.3 Å². The molecule has 0 bridgehead atoms. The van der Waals surface area contributed by atoms with Crippen LogP contribution in [-0.4, -0.2) is 58.5 Å². The van der Waals surface area contributed by atoms with E-state index in [9.17, 15) is 22.4 Å². The van der Waals surface area contributed by atoms with E-state index in [1.807, 2.05) is 4.90 Å². The summed E-state index contributed by atoms with van der Waals surface area (Å²) in [4.78, 5) is 17.4. The maximum absolute atomic E-state index is 14.0. The smallest absolute Gasteiger partial charge is 0.298 e. The lowest BCUT2D eigenvalue weighted by Crippen LogP contribution is -2.38. The first-order chi connectivity index (χ1) is 15.8. The van der Waals surface area contributed by atoms with Crippen molar-refractivity contribution in [1.29, 1.82) is 0 Å². The molecule has 2 aliphatic heterocycles. The Balaban J connectivity index is 1.21. The van der Waals surface area contributed by atoms with Crippen LogP contribution in [0.3, 0.4) is 0 Å². The summed E-state index contributed by atoms with van der Waals surface area (Å²) in [5.41, 5.74) is 1.40. The first-order valence-electron chi connectivity index (χ1n) is 11.7. The highest BCUT2D eigenvalue weighted by Gasteiger charge is 2.39. The number of carbonyl (C=O) groups excluding carboxylic acids is 1. The van der Waals surface area contributed by atoms with E-state index in [0.29, 0.717) is 31.6 Å². The Morgan fingerprint density at radius 1 is 1.09 bits per heavy atom. The zero-order valence-electron chi connectivity index (χ0n) is 18.4. The highest BCUT2D eigenvalue weighted by Crippen LogP contribution is 2.40. The topological polar surface area (TPSA) is 52.2 Å². The number of H-pyrrole nitrogens is 1. The summed E-state index contributed by atoms with van der Waals surface area (Å²) >= 11 is 0. The summed E-state index contributed by atoms with van der Waals surface area (Å²) in [5.74, 6) is -0.870. The number of nitrogens with one attached hydrogen (secondary N) is 1. The Morgan fingerprint density at radius 3 is 2.55 bits per heavy atom. The molecule has 0 atom stereocenters. The van der Waals surface area contributed by atoms with Crippen LogP contribution in [-0.2, 0) is 19.1 Å². The molecule has 33 heavy (non-hydrogen) atoms. The van der Waals surface area contributed by atoms with Crippen molar-refractivity contribution in [2.24, 2.45) is 5.92 Å². The van der Waals surface area contributed by atoms with E-state index in [2.05, 4.69) is 15.1 Å². The van der Waals surface area contributed by atoms with Crippen molar-refractivity contribution in [1.82, 2.24) is 20.0 Å². The first kappa shape index (κ1) is 22.5. The van der Waals surface area contributed by atoms with Crippen molar-refractivity contribution in [2.45, 2.75) is 50.7 Å². The average Bonchev–Trinajstić information content (AvgIpc) is 3.48. The number of ketones is 1. The molecule has 0 radical (unpaired) electrons. The van der Waals surface area contributed by atoms with Gasteiger partial charge in [-0.3, -0.25) is 19.7 Å². The molecule has 1 saturated heterocycles. The quantitative estimate of drug-likeness (QED) is 0.509. The van der Waals surface area contributed by atoms with Crippen molar-refractivity contribution < 1.29 is 22.4 Å². The first-order valence-corrected chi connectivity index (χ1v) is 11.7. The molecular weight excluding hydrogens is 436 g/mol. The van der Waals surface area contributed by atoms with E-state index in [1.165, 1.54) is 25.0 Å². The molecule has 5 nitrogen and oxygen atoms in total. The van der Waals surface area contributed by atoms with Crippen LogP contribution in [0.15, 0.2) is 18.2 Å². The summed E-state index contributed by atoms with van der Waals surface area (Å²) < 4.78 is 54.2. The van der Waals surface area contributed by atoms with Gasteiger partial charge in [-0.25, -0.2) is 4.39 Å². The molecule has 0 spiro atoms. The third-order valence-corrected chi connectivity index (χ3v) is 7.21. The average molecular weight is 465 g/mol. The fourth-order valence-corrected chi connectivity index (χ4v) is 5.26. The van der Waals surface area contributed by atoms with Crippen LogP contribution >= 0.6 is 0 Å². The van der Waals surface area contributed by atoms with Gasteiger partial charge in [0, 0.05) is 37.3 Å². The number of aromatic amines is 1. The van der Waals surface area contributed by atoms with Crippen LogP contribution in [0.2, 0.25) is 0 Å². The van der Waals surface area contributed by atoms with Gasteiger partial charge < -0.3 is 0 Å². The summed E-state index contributed by atoms with van der Waals surface area (Å²) in [5, 5.41) is 7.34. The number of nitrogens with zero attached hydrogens (tertiary/aromatic N) is 3. The monoisotopic (exact) mass is 464 g/mol. The number of hydrogen-bond donors (Lipinski definition) is 1. The van der Waals surface area contributed by atoms with Crippen molar-refractivity contribution in [2.75, 3.05) is 32.7 Å². The minimum atomic E-state index is -4.72. The summed E-state index contributed by atoms with van der Waals surface area (Å²) in [6.07, 6.45) is -0.377. The Kier molecular flexibility index (Phi) is 6.03. The van der Waals surface area contributed by atoms with Crippen molar-refractivity contribution in [3.63, 3.8) is 0 Å². The zero-order valence-corrected chi connectivity index (χ0v) is 18.4. The normalized spacial score (nSPS) is 20.7. The Labute approximate surface area is 190 Å². The molecule has 2 fully saturated rings. The predicted octanol–water partition coefficient (Wildman–Crippen LogP) is 4.40. The van der Waals surface area contributed by atoms with E-state index in [0.717, 1.165) is 49.3 Å². The van der Waals surface area contributed by atoms with Crippen LogP contribution in [0, 0.1) is 11.7 Å². The number of benzene rings is 1. The predicted molar refractivity (Wildman–Crippen MR) is 114 cm³/mol. The maximum Gasteiger partial charge on any atom is 0.419 e. The van der Waals surface area contributed by atoms with Crippen LogP contribution in [0.5, 0.6) is 0 Å². The largest absolute Gasteiger partial charge is 0.419 e. The molecule has 3 heterocycles. The molecule has 3 aliphatic rings. The minimum absolute atomic E-state index is 0.0191. The molecule has 1 aliphatic carbocycles. The molecule has 9 heteroatoms. The lowest BCUT2D eigenvalue weighted by atomic mass is 9.86. The molecule has 178 valence electrons. The molecule has 0 amide bonds. The van der Waals surface area contributed by atoms with Crippen LogP contribution in [0.4, 0.5) is 17.6 Å². The van der Waals surface area contributed by atoms with Gasteiger partial charge in [0.25, 0.3) is 0 Å². The number of piperidine rings is 1. The standard InChI is InChI=1S/C24H28F4N4O/c25-19-3-1-2-17(22(19)24(26,27)28)16-6-9-31(10-7-16)14-21(33)23-18-13-32(12-15-4-5-15)11-8-20(18)29-30-23/h1-3,15-16H,4-14H2,(H,29,30). The summed E-state index contributed by atoms with van der Waals surface area (Å²) in [7, 11) is 0. The third kappa shape index (κ3) is 4.84. The number of likely N-dealkylation sites (tertiary alicyclic amines) is 1. The molecule has 1 aromatic carbocycles. The molecule has 2 aromatic rings. The number of carbonyl (C=O) groups is 1. The van der Waals surface area contributed by atoms with Gasteiger partial charge in [0.1, 0.15) is 11.5 Å². The Bertz CT molecular complexity index is 1020. The summed E-state index contributed by atoms with van der Waals surface area (Å²) in [6, 6.07) is 3.57. The maximum atomic E-state index is 14.0. The number of halogens is 4. The Morgan fingerprint density at radius 2 is 1.85 bits per heavy atom. The van der Waals surface area contributed by atoms with Gasteiger partial charge >= 0.3 is 6.18 Å². The second-order valence-electron chi connectivity index (χ2n) is 9.63. The van der Waals surface area contributed by atoms with Gasteiger partial charge in [-0.05, 0) is 62.2 Å². The number of aromatic nitrogens is 2. The van der Waals surface area contributed by atoms with Crippen molar-refractivity contribution in [3.05, 3.63) is 52.1 Å². The zero-order chi connectivity index (χ0) is 23.2. The number of alkyl halides is 3. The highest BCUT2D eigenvalue weighted by molar-refractivity contribution is 5.97. The van der Waals surface area contributed by atoms with Crippen LogP contribution < -0.4 is 0 Å². The van der Waals surface area contributed by atoms with E-state index < -0.39 is 17.6 Å². The number of Topliss-reactive ketones (excluding diaryl/α,β-unsaturated/α-hetero) is 1. The van der Waals surface area contributed by atoms with E-state index >= 15 is 0 Å². The van der Waals surface area contributed by atoms with E-state index in [1.54, 1.807) is 0 Å². The summed E-state index contributed by atoms with van der Waals surface area (Å²) in [6.45, 7) is 3.97.